The van der Waals surface area contributed by atoms with Gasteiger partial charge in [0.1, 0.15) is 5.75 Å². The maximum atomic E-state index is 11.2. The molecular weight excluding hydrogens is 228 g/mol. The van der Waals surface area contributed by atoms with Gasteiger partial charge in [0.15, 0.2) is 0 Å². The summed E-state index contributed by atoms with van der Waals surface area (Å²) in [7, 11) is 1.62. The first-order valence-electron chi connectivity index (χ1n) is 6.14. The number of carboxylic acids is 1. The Labute approximate surface area is 108 Å². The largest absolute Gasteiger partial charge is 0.497 e. The molecule has 1 aromatic rings. The first kappa shape index (κ1) is 14.3. The second kappa shape index (κ2) is 7.54. The van der Waals surface area contributed by atoms with Crippen molar-refractivity contribution in [2.24, 2.45) is 5.92 Å². The van der Waals surface area contributed by atoms with Gasteiger partial charge in [-0.25, -0.2) is 0 Å². The highest BCUT2D eigenvalue weighted by Gasteiger charge is 2.17. The van der Waals surface area contributed by atoms with E-state index in [1.807, 2.05) is 30.3 Å². The van der Waals surface area contributed by atoms with E-state index in [1.54, 1.807) is 7.11 Å². The van der Waals surface area contributed by atoms with Crippen molar-refractivity contribution in [3.05, 3.63) is 42.5 Å². The van der Waals surface area contributed by atoms with Crippen LogP contribution in [0.4, 0.5) is 0 Å². The highest BCUT2D eigenvalue weighted by Crippen LogP contribution is 2.18. The first-order chi connectivity index (χ1) is 8.67. The molecule has 0 fully saturated rings. The summed E-state index contributed by atoms with van der Waals surface area (Å²) in [5.74, 6) is -0.259. The van der Waals surface area contributed by atoms with Gasteiger partial charge in [0.25, 0.3) is 0 Å². The van der Waals surface area contributed by atoms with Crippen molar-refractivity contribution in [2.45, 2.75) is 25.7 Å². The van der Waals surface area contributed by atoms with E-state index >= 15 is 0 Å². The third-order valence-electron chi connectivity index (χ3n) is 2.95. The second-order valence-corrected chi connectivity index (χ2v) is 4.31. The van der Waals surface area contributed by atoms with E-state index in [1.165, 1.54) is 0 Å². The summed E-state index contributed by atoms with van der Waals surface area (Å²) in [6.45, 7) is 3.64. The van der Waals surface area contributed by atoms with Crippen LogP contribution >= 0.6 is 0 Å². The topological polar surface area (TPSA) is 46.5 Å². The fourth-order valence-electron chi connectivity index (χ4n) is 1.87. The number of hydrogen-bond acceptors (Lipinski definition) is 2. The lowest BCUT2D eigenvalue weighted by atomic mass is 9.94. The summed E-state index contributed by atoms with van der Waals surface area (Å²) < 4.78 is 5.07. The van der Waals surface area contributed by atoms with Crippen LogP contribution in [0.25, 0.3) is 0 Å². The Morgan fingerprint density at radius 3 is 2.61 bits per heavy atom. The SMILES string of the molecule is C=CCCCC(Cc1ccc(OC)cc1)C(=O)O. The molecule has 1 rings (SSSR count). The van der Waals surface area contributed by atoms with E-state index in [9.17, 15) is 9.90 Å². The van der Waals surface area contributed by atoms with Gasteiger partial charge in [-0.1, -0.05) is 18.2 Å². The van der Waals surface area contributed by atoms with Crippen molar-refractivity contribution in [2.75, 3.05) is 7.11 Å². The molecule has 1 unspecified atom stereocenters. The zero-order chi connectivity index (χ0) is 13.4. The average molecular weight is 248 g/mol. The molecule has 1 aromatic carbocycles. The fourth-order valence-corrected chi connectivity index (χ4v) is 1.87. The summed E-state index contributed by atoms with van der Waals surface area (Å²) in [5.41, 5.74) is 1.03. The minimum atomic E-state index is -0.727. The summed E-state index contributed by atoms with van der Waals surface area (Å²) in [6, 6.07) is 7.56. The maximum Gasteiger partial charge on any atom is 0.306 e. The number of aliphatic carboxylic acids is 1. The molecule has 0 saturated heterocycles. The van der Waals surface area contributed by atoms with Gasteiger partial charge in [0.05, 0.1) is 13.0 Å². The lowest BCUT2D eigenvalue weighted by Gasteiger charge is -2.12. The Hall–Kier alpha value is -1.77. The van der Waals surface area contributed by atoms with Gasteiger partial charge in [-0.3, -0.25) is 4.79 Å². The predicted molar refractivity (Wildman–Crippen MR) is 71.9 cm³/mol. The fraction of sp³-hybridized carbons (Fsp3) is 0.400. The molecule has 3 heteroatoms. The lowest BCUT2D eigenvalue weighted by Crippen LogP contribution is -2.16. The van der Waals surface area contributed by atoms with E-state index in [-0.39, 0.29) is 5.92 Å². The third kappa shape index (κ3) is 4.62. The molecule has 0 aliphatic rings. The van der Waals surface area contributed by atoms with Crippen molar-refractivity contribution in [1.29, 1.82) is 0 Å². The molecule has 0 aliphatic carbocycles. The van der Waals surface area contributed by atoms with Crippen LogP contribution in [0.2, 0.25) is 0 Å². The smallest absolute Gasteiger partial charge is 0.306 e. The highest BCUT2D eigenvalue weighted by atomic mass is 16.5. The molecule has 0 spiro atoms. The summed E-state index contributed by atoms with van der Waals surface area (Å²) >= 11 is 0. The van der Waals surface area contributed by atoms with Crippen LogP contribution in [0.1, 0.15) is 24.8 Å². The van der Waals surface area contributed by atoms with Gasteiger partial charge < -0.3 is 9.84 Å². The van der Waals surface area contributed by atoms with E-state index in [0.29, 0.717) is 12.8 Å². The molecule has 3 nitrogen and oxygen atoms in total. The molecule has 0 aromatic heterocycles. The van der Waals surface area contributed by atoms with E-state index in [0.717, 1.165) is 24.2 Å². The van der Waals surface area contributed by atoms with Gasteiger partial charge in [-0.15, -0.1) is 6.58 Å². The summed E-state index contributed by atoms with van der Waals surface area (Å²) in [5, 5.41) is 9.18. The monoisotopic (exact) mass is 248 g/mol. The Morgan fingerprint density at radius 1 is 1.44 bits per heavy atom. The molecule has 0 radical (unpaired) electrons. The van der Waals surface area contributed by atoms with Gasteiger partial charge in [0.2, 0.25) is 0 Å². The van der Waals surface area contributed by atoms with Gasteiger partial charge in [-0.2, -0.15) is 0 Å². The maximum absolute atomic E-state index is 11.2. The number of rotatable bonds is 8. The predicted octanol–water partition coefficient (Wildman–Crippen LogP) is 3.29. The van der Waals surface area contributed by atoms with Crippen molar-refractivity contribution < 1.29 is 14.6 Å². The number of unbranched alkanes of at least 4 members (excludes halogenated alkanes) is 1. The molecule has 98 valence electrons. The Bertz CT molecular complexity index is 381. The third-order valence-corrected chi connectivity index (χ3v) is 2.95. The molecular formula is C15H20O3. The zero-order valence-electron chi connectivity index (χ0n) is 10.8. The summed E-state index contributed by atoms with van der Waals surface area (Å²) in [6.07, 6.45) is 4.82. The van der Waals surface area contributed by atoms with Crippen molar-refractivity contribution in [1.82, 2.24) is 0 Å². The number of carboxylic acid groups (broad SMARTS) is 1. The van der Waals surface area contributed by atoms with E-state index in [2.05, 4.69) is 6.58 Å². The van der Waals surface area contributed by atoms with E-state index in [4.69, 9.17) is 4.74 Å². The van der Waals surface area contributed by atoms with Crippen molar-refractivity contribution in [3.63, 3.8) is 0 Å². The van der Waals surface area contributed by atoms with Gasteiger partial charge in [0, 0.05) is 0 Å². The standard InChI is InChI=1S/C15H20O3/c1-3-4-5-6-13(15(16)17)11-12-7-9-14(18-2)10-8-12/h3,7-10,13H,1,4-6,11H2,2H3,(H,16,17). The molecule has 0 bridgehead atoms. The highest BCUT2D eigenvalue weighted by molar-refractivity contribution is 5.70. The summed E-state index contributed by atoms with van der Waals surface area (Å²) in [4.78, 5) is 11.2. The number of ether oxygens (including phenoxy) is 1. The van der Waals surface area contributed by atoms with Crippen molar-refractivity contribution >= 4 is 5.97 Å². The Morgan fingerprint density at radius 2 is 2.11 bits per heavy atom. The number of hydrogen-bond donors (Lipinski definition) is 1. The van der Waals surface area contributed by atoms with Crippen molar-refractivity contribution in [3.8, 4) is 5.75 Å². The normalized spacial score (nSPS) is 11.8. The molecule has 0 aliphatic heterocycles. The van der Waals surface area contributed by atoms with Crippen LogP contribution in [0.15, 0.2) is 36.9 Å². The molecule has 18 heavy (non-hydrogen) atoms. The van der Waals surface area contributed by atoms with Crippen LogP contribution in [0.5, 0.6) is 5.75 Å². The first-order valence-corrected chi connectivity index (χ1v) is 6.14. The lowest BCUT2D eigenvalue weighted by molar-refractivity contribution is -0.141. The van der Waals surface area contributed by atoms with E-state index < -0.39 is 5.97 Å². The van der Waals surface area contributed by atoms with Crippen LogP contribution < -0.4 is 4.74 Å². The molecule has 1 N–H and O–H groups in total. The van der Waals surface area contributed by atoms with Crippen LogP contribution in [0.3, 0.4) is 0 Å². The number of allylic oxidation sites excluding steroid dienone is 1. The minimum absolute atomic E-state index is 0.321. The quantitative estimate of drug-likeness (QED) is 0.567. The Kier molecular flexibility index (Phi) is 5.98. The van der Waals surface area contributed by atoms with Crippen LogP contribution in [0, 0.1) is 5.92 Å². The second-order valence-electron chi connectivity index (χ2n) is 4.31. The number of methoxy groups -OCH3 is 1. The molecule has 0 heterocycles. The molecule has 1 atom stereocenters. The zero-order valence-corrected chi connectivity index (χ0v) is 10.8. The van der Waals surface area contributed by atoms with Gasteiger partial charge in [-0.05, 0) is 43.4 Å². The van der Waals surface area contributed by atoms with Gasteiger partial charge >= 0.3 is 5.97 Å². The Balaban J connectivity index is 2.58. The minimum Gasteiger partial charge on any atom is -0.497 e. The molecule has 0 saturated carbocycles. The number of benzene rings is 1. The van der Waals surface area contributed by atoms with Crippen LogP contribution in [-0.2, 0) is 11.2 Å². The average Bonchev–Trinajstić information content (AvgIpc) is 2.38. The van der Waals surface area contributed by atoms with Crippen LogP contribution in [-0.4, -0.2) is 18.2 Å². The molecule has 0 amide bonds. The number of carbonyl (C=O) groups is 1.